The molecular weight excluding hydrogens is 356 g/mol. The number of hydrogen-bond acceptors (Lipinski definition) is 1. The lowest BCUT2D eigenvalue weighted by Gasteiger charge is -2.39. The van der Waals surface area contributed by atoms with Gasteiger partial charge in [-0.1, -0.05) is 104 Å². The van der Waals surface area contributed by atoms with E-state index >= 15 is 0 Å². The molecule has 174 valence electrons. The van der Waals surface area contributed by atoms with Crippen LogP contribution in [-0.4, -0.2) is 36.7 Å². The number of quaternary nitrogens is 1. The molecule has 3 nitrogen and oxygen atoms in total. The third kappa shape index (κ3) is 15.0. The molecule has 0 fully saturated rings. The van der Waals surface area contributed by atoms with E-state index in [9.17, 15) is 4.79 Å². The van der Waals surface area contributed by atoms with Crippen molar-refractivity contribution in [1.29, 1.82) is 0 Å². The van der Waals surface area contributed by atoms with Crippen molar-refractivity contribution in [1.82, 2.24) is 5.32 Å². The van der Waals surface area contributed by atoms with E-state index in [1.807, 2.05) is 0 Å². The SMILES string of the molecule is CCCCCCCCCCCCCCCCCC(=O)NC(CC)[N+](C)(CC)CC. The highest BCUT2D eigenvalue weighted by Gasteiger charge is 2.28. The second-order valence-electron chi connectivity index (χ2n) is 9.30. The number of rotatable bonds is 21. The van der Waals surface area contributed by atoms with E-state index in [0.717, 1.165) is 30.4 Å². The van der Waals surface area contributed by atoms with Gasteiger partial charge in [0.25, 0.3) is 0 Å². The highest BCUT2D eigenvalue weighted by Crippen LogP contribution is 2.14. The van der Waals surface area contributed by atoms with Crippen molar-refractivity contribution in [3.05, 3.63) is 0 Å². The summed E-state index contributed by atoms with van der Waals surface area (Å²) in [5, 5.41) is 3.29. The second kappa shape index (κ2) is 19.4. The van der Waals surface area contributed by atoms with Gasteiger partial charge < -0.3 is 9.80 Å². The lowest BCUT2D eigenvalue weighted by Crippen LogP contribution is -2.59. The van der Waals surface area contributed by atoms with Crippen LogP contribution in [0, 0.1) is 0 Å². The van der Waals surface area contributed by atoms with Crippen molar-refractivity contribution in [2.75, 3.05) is 20.1 Å². The molecule has 1 N–H and O–H groups in total. The minimum absolute atomic E-state index is 0.248. The van der Waals surface area contributed by atoms with Gasteiger partial charge in [-0.2, -0.15) is 0 Å². The predicted molar refractivity (Wildman–Crippen MR) is 129 cm³/mol. The number of unbranched alkanes of at least 4 members (excludes halogenated alkanes) is 14. The molecule has 0 aromatic rings. The van der Waals surface area contributed by atoms with Gasteiger partial charge in [0.2, 0.25) is 5.91 Å². The standard InChI is InChI=1S/C26H54N2O/c1-6-10-11-12-13-14-15-16-17-18-19-20-21-22-23-24-26(29)27-25(7-2)28(5,8-3)9-4/h25H,6-24H2,1-5H3/p+1. The average molecular weight is 412 g/mol. The zero-order valence-corrected chi connectivity index (χ0v) is 20.9. The largest absolute Gasteiger partial charge is 0.307 e. The molecule has 0 aromatic carbocycles. The summed E-state index contributed by atoms with van der Waals surface area (Å²) in [7, 11) is 2.25. The predicted octanol–water partition coefficient (Wildman–Crippen LogP) is 7.59. The van der Waals surface area contributed by atoms with Gasteiger partial charge in [0.05, 0.1) is 20.1 Å². The van der Waals surface area contributed by atoms with Gasteiger partial charge in [0.15, 0.2) is 6.17 Å². The normalized spacial score (nSPS) is 12.9. The molecule has 0 aromatic heterocycles. The minimum atomic E-state index is 0.248. The molecule has 0 heterocycles. The Morgan fingerprint density at radius 2 is 1.03 bits per heavy atom. The van der Waals surface area contributed by atoms with Crippen molar-refractivity contribution in [2.24, 2.45) is 0 Å². The van der Waals surface area contributed by atoms with Crippen molar-refractivity contribution in [2.45, 2.75) is 143 Å². The van der Waals surface area contributed by atoms with E-state index in [0.29, 0.717) is 6.42 Å². The third-order valence-corrected chi connectivity index (χ3v) is 6.92. The first-order valence-corrected chi connectivity index (χ1v) is 13.2. The zero-order valence-electron chi connectivity index (χ0n) is 20.9. The first kappa shape index (κ1) is 28.4. The summed E-state index contributed by atoms with van der Waals surface area (Å²) < 4.78 is 0.932. The average Bonchev–Trinajstić information content (AvgIpc) is 2.74. The fraction of sp³-hybridized carbons (Fsp3) is 0.962. The number of hydrogen-bond donors (Lipinski definition) is 1. The Hall–Kier alpha value is -0.570. The van der Waals surface area contributed by atoms with Crippen LogP contribution in [0.5, 0.6) is 0 Å². The second-order valence-corrected chi connectivity index (χ2v) is 9.30. The van der Waals surface area contributed by atoms with Crippen LogP contribution < -0.4 is 5.32 Å². The van der Waals surface area contributed by atoms with Gasteiger partial charge in [-0.3, -0.25) is 4.79 Å². The van der Waals surface area contributed by atoms with Crippen molar-refractivity contribution in [3.8, 4) is 0 Å². The van der Waals surface area contributed by atoms with E-state index in [1.54, 1.807) is 0 Å². The van der Waals surface area contributed by atoms with Gasteiger partial charge >= 0.3 is 0 Å². The Balaban J connectivity index is 3.51. The van der Waals surface area contributed by atoms with Gasteiger partial charge in [-0.05, 0) is 20.3 Å². The van der Waals surface area contributed by atoms with E-state index < -0.39 is 0 Å². The monoisotopic (exact) mass is 411 g/mol. The van der Waals surface area contributed by atoms with Crippen molar-refractivity contribution >= 4 is 5.91 Å². The highest BCUT2D eigenvalue weighted by molar-refractivity contribution is 5.75. The van der Waals surface area contributed by atoms with Gasteiger partial charge in [0, 0.05) is 12.8 Å². The molecule has 0 spiro atoms. The molecule has 0 rings (SSSR count). The van der Waals surface area contributed by atoms with Crippen molar-refractivity contribution < 1.29 is 9.28 Å². The number of carbonyl (C=O) groups is 1. The fourth-order valence-corrected chi connectivity index (χ4v) is 4.28. The quantitative estimate of drug-likeness (QED) is 0.118. The van der Waals surface area contributed by atoms with Crippen LogP contribution in [0.3, 0.4) is 0 Å². The smallest absolute Gasteiger partial charge is 0.224 e. The lowest BCUT2D eigenvalue weighted by molar-refractivity contribution is -0.932. The number of carbonyl (C=O) groups excluding carboxylic acids is 1. The Bertz CT molecular complexity index is 366. The highest BCUT2D eigenvalue weighted by atomic mass is 16.1. The Morgan fingerprint density at radius 3 is 1.38 bits per heavy atom. The molecule has 1 atom stereocenters. The van der Waals surface area contributed by atoms with Gasteiger partial charge in [0.1, 0.15) is 0 Å². The Morgan fingerprint density at radius 1 is 0.655 bits per heavy atom. The summed E-state index contributed by atoms with van der Waals surface area (Å²) in [6, 6.07) is 0. The van der Waals surface area contributed by atoms with E-state index in [4.69, 9.17) is 0 Å². The summed E-state index contributed by atoms with van der Waals surface area (Å²) in [5.41, 5.74) is 0. The van der Waals surface area contributed by atoms with Crippen LogP contribution in [0.25, 0.3) is 0 Å². The molecule has 1 unspecified atom stereocenters. The van der Waals surface area contributed by atoms with Crippen LogP contribution in [0.2, 0.25) is 0 Å². The topological polar surface area (TPSA) is 29.1 Å². The first-order valence-electron chi connectivity index (χ1n) is 13.2. The number of nitrogens with one attached hydrogen (secondary N) is 1. The zero-order chi connectivity index (χ0) is 21.8. The van der Waals surface area contributed by atoms with Gasteiger partial charge in [-0.15, -0.1) is 0 Å². The van der Waals surface area contributed by atoms with Crippen LogP contribution in [-0.2, 0) is 4.79 Å². The molecule has 1 amide bonds. The van der Waals surface area contributed by atoms with Crippen LogP contribution >= 0.6 is 0 Å². The summed E-state index contributed by atoms with van der Waals surface area (Å²) in [5.74, 6) is 0.248. The molecule has 0 radical (unpaired) electrons. The van der Waals surface area contributed by atoms with E-state index in [-0.39, 0.29) is 12.1 Å². The van der Waals surface area contributed by atoms with Crippen molar-refractivity contribution in [3.63, 3.8) is 0 Å². The molecule has 0 saturated carbocycles. The number of nitrogens with zero attached hydrogens (tertiary/aromatic N) is 1. The molecular formula is C26H55N2O+. The first-order chi connectivity index (χ1) is 14.0. The molecule has 29 heavy (non-hydrogen) atoms. The number of amides is 1. The van der Waals surface area contributed by atoms with E-state index in [2.05, 4.69) is 40.1 Å². The van der Waals surface area contributed by atoms with Gasteiger partial charge in [-0.25, -0.2) is 0 Å². The van der Waals surface area contributed by atoms with E-state index in [1.165, 1.54) is 89.9 Å². The molecule has 0 bridgehead atoms. The summed E-state index contributed by atoms with van der Waals surface area (Å²) >= 11 is 0. The Labute approximate surface area is 184 Å². The summed E-state index contributed by atoms with van der Waals surface area (Å²) in [4.78, 5) is 12.3. The molecule has 3 heteroatoms. The van der Waals surface area contributed by atoms with Crippen LogP contribution in [0.4, 0.5) is 0 Å². The third-order valence-electron chi connectivity index (χ3n) is 6.92. The lowest BCUT2D eigenvalue weighted by atomic mass is 10.0. The minimum Gasteiger partial charge on any atom is -0.307 e. The summed E-state index contributed by atoms with van der Waals surface area (Å²) in [6.45, 7) is 11.0. The maximum atomic E-state index is 12.3. The fourth-order valence-electron chi connectivity index (χ4n) is 4.28. The molecule has 0 aliphatic carbocycles. The maximum absolute atomic E-state index is 12.3. The molecule has 0 saturated heterocycles. The Kier molecular flexibility index (Phi) is 19.0. The van der Waals surface area contributed by atoms with Crippen LogP contribution in [0.15, 0.2) is 0 Å². The summed E-state index contributed by atoms with van der Waals surface area (Å²) in [6.07, 6.45) is 22.4. The van der Waals surface area contributed by atoms with Crippen LogP contribution in [0.1, 0.15) is 137 Å². The molecule has 0 aliphatic heterocycles. The molecule has 0 aliphatic rings. The maximum Gasteiger partial charge on any atom is 0.224 e.